The second-order valence-corrected chi connectivity index (χ2v) is 5.23. The predicted molar refractivity (Wildman–Crippen MR) is 60.3 cm³/mol. The van der Waals surface area contributed by atoms with Crippen molar-refractivity contribution in [1.82, 2.24) is 9.55 Å². The maximum atomic E-state index is 5.88. The lowest BCUT2D eigenvalue weighted by Crippen LogP contribution is -2.16. The Kier molecular flexibility index (Phi) is 2.01. The average molecular weight is 205 g/mol. The molecule has 2 fully saturated rings. The van der Waals surface area contributed by atoms with Gasteiger partial charge < -0.3 is 10.3 Å². The Labute approximate surface area is 90.7 Å². The Morgan fingerprint density at radius 2 is 2.00 bits per heavy atom. The molecular formula is C12H19N3. The Hall–Kier alpha value is -0.990. The van der Waals surface area contributed by atoms with E-state index in [1.54, 1.807) is 0 Å². The highest BCUT2D eigenvalue weighted by molar-refractivity contribution is 5.21. The van der Waals surface area contributed by atoms with Crippen LogP contribution in [0.15, 0.2) is 6.20 Å². The van der Waals surface area contributed by atoms with Crippen LogP contribution in [-0.2, 0) is 6.54 Å². The van der Waals surface area contributed by atoms with Crippen molar-refractivity contribution in [2.24, 2.45) is 17.8 Å². The van der Waals surface area contributed by atoms with Crippen molar-refractivity contribution < 1.29 is 0 Å². The van der Waals surface area contributed by atoms with E-state index in [0.29, 0.717) is 5.95 Å². The molecule has 1 heterocycles. The van der Waals surface area contributed by atoms with Crippen LogP contribution in [0.3, 0.4) is 0 Å². The molecule has 3 heteroatoms. The summed E-state index contributed by atoms with van der Waals surface area (Å²) in [6.45, 7) is 3.11. The molecule has 0 radical (unpaired) electrons. The molecule has 0 amide bonds. The molecule has 0 bridgehead atoms. The maximum absolute atomic E-state index is 5.88. The normalized spacial score (nSPS) is 21.2. The summed E-state index contributed by atoms with van der Waals surface area (Å²) in [5, 5.41) is 0. The lowest BCUT2D eigenvalue weighted by molar-refractivity contribution is 0.351. The highest BCUT2D eigenvalue weighted by Gasteiger charge is 2.41. The van der Waals surface area contributed by atoms with Gasteiger partial charge in [0.15, 0.2) is 5.95 Å². The van der Waals surface area contributed by atoms with Crippen LogP contribution in [0.2, 0.25) is 0 Å². The molecule has 2 saturated carbocycles. The predicted octanol–water partition coefficient (Wildman–Crippen LogP) is 2.21. The van der Waals surface area contributed by atoms with Gasteiger partial charge in [0.1, 0.15) is 0 Å². The van der Waals surface area contributed by atoms with E-state index < -0.39 is 0 Å². The monoisotopic (exact) mass is 205 g/mol. The Morgan fingerprint density at radius 1 is 1.40 bits per heavy atom. The molecule has 0 aliphatic heterocycles. The molecule has 0 spiro atoms. The summed E-state index contributed by atoms with van der Waals surface area (Å²) < 4.78 is 2.15. The first-order chi connectivity index (χ1) is 7.24. The van der Waals surface area contributed by atoms with Crippen molar-refractivity contribution >= 4 is 5.95 Å². The van der Waals surface area contributed by atoms with Crippen molar-refractivity contribution in [2.75, 3.05) is 5.73 Å². The van der Waals surface area contributed by atoms with E-state index in [1.807, 2.05) is 6.92 Å². The van der Waals surface area contributed by atoms with E-state index in [-0.39, 0.29) is 0 Å². The molecule has 2 aliphatic carbocycles. The zero-order valence-electron chi connectivity index (χ0n) is 9.32. The largest absolute Gasteiger partial charge is 0.369 e. The summed E-state index contributed by atoms with van der Waals surface area (Å²) in [7, 11) is 0. The zero-order chi connectivity index (χ0) is 10.4. The summed E-state index contributed by atoms with van der Waals surface area (Å²) in [4.78, 5) is 4.26. The summed E-state index contributed by atoms with van der Waals surface area (Å²) in [6.07, 6.45) is 7.85. The standard InChI is InChI=1S/C12H19N3/c1-8-6-15(12(13)14-8)7-11(9-2-3-9)10-4-5-10/h6,9-11H,2-5,7H2,1H3,(H2,13,14). The molecule has 1 aromatic rings. The first-order valence-electron chi connectivity index (χ1n) is 6.03. The summed E-state index contributed by atoms with van der Waals surface area (Å²) in [6, 6.07) is 0. The van der Waals surface area contributed by atoms with Gasteiger partial charge in [-0.3, -0.25) is 0 Å². The molecule has 15 heavy (non-hydrogen) atoms. The second kappa shape index (κ2) is 3.26. The van der Waals surface area contributed by atoms with Gasteiger partial charge in [-0.25, -0.2) is 4.98 Å². The Morgan fingerprint density at radius 3 is 2.40 bits per heavy atom. The number of aryl methyl sites for hydroxylation is 1. The van der Waals surface area contributed by atoms with E-state index in [2.05, 4.69) is 15.7 Å². The van der Waals surface area contributed by atoms with Crippen LogP contribution in [-0.4, -0.2) is 9.55 Å². The van der Waals surface area contributed by atoms with Gasteiger partial charge in [0, 0.05) is 12.7 Å². The van der Waals surface area contributed by atoms with Crippen LogP contribution in [0, 0.1) is 24.7 Å². The molecule has 2 N–H and O–H groups in total. The number of nitrogen functional groups attached to an aromatic ring is 1. The summed E-state index contributed by atoms with van der Waals surface area (Å²) >= 11 is 0. The first-order valence-corrected chi connectivity index (χ1v) is 6.03. The fourth-order valence-corrected chi connectivity index (χ4v) is 2.67. The molecule has 82 valence electrons. The number of nitrogens with two attached hydrogens (primary N) is 1. The van der Waals surface area contributed by atoms with Gasteiger partial charge in [-0.15, -0.1) is 0 Å². The minimum absolute atomic E-state index is 0.693. The first kappa shape index (κ1) is 9.25. The average Bonchev–Trinajstić information content (AvgIpc) is 3.05. The maximum Gasteiger partial charge on any atom is 0.200 e. The van der Waals surface area contributed by atoms with Crippen LogP contribution < -0.4 is 5.73 Å². The Balaban J connectivity index is 1.74. The SMILES string of the molecule is Cc1cn(CC(C2CC2)C2CC2)c(N)n1. The van der Waals surface area contributed by atoms with E-state index in [9.17, 15) is 0 Å². The molecule has 0 unspecified atom stereocenters. The fourth-order valence-electron chi connectivity index (χ4n) is 2.67. The van der Waals surface area contributed by atoms with E-state index in [0.717, 1.165) is 30.0 Å². The lowest BCUT2D eigenvalue weighted by atomic mass is 9.98. The molecule has 3 rings (SSSR count). The number of imidazole rings is 1. The van der Waals surface area contributed by atoms with Gasteiger partial charge in [-0.05, 0) is 50.4 Å². The number of anilines is 1. The lowest BCUT2D eigenvalue weighted by Gasteiger charge is -2.16. The highest BCUT2D eigenvalue weighted by atomic mass is 15.1. The molecule has 0 aromatic carbocycles. The topological polar surface area (TPSA) is 43.8 Å². The van der Waals surface area contributed by atoms with Gasteiger partial charge >= 0.3 is 0 Å². The summed E-state index contributed by atoms with van der Waals surface area (Å²) in [5.41, 5.74) is 6.92. The zero-order valence-corrected chi connectivity index (χ0v) is 9.32. The minimum atomic E-state index is 0.693. The fraction of sp³-hybridized carbons (Fsp3) is 0.750. The quantitative estimate of drug-likeness (QED) is 0.819. The Bertz CT molecular complexity index is 349. The van der Waals surface area contributed by atoms with Gasteiger partial charge in [-0.1, -0.05) is 0 Å². The number of hydrogen-bond donors (Lipinski definition) is 1. The third kappa shape index (κ3) is 1.87. The van der Waals surface area contributed by atoms with Crippen molar-refractivity contribution in [3.8, 4) is 0 Å². The number of hydrogen-bond acceptors (Lipinski definition) is 2. The van der Waals surface area contributed by atoms with E-state index >= 15 is 0 Å². The highest BCUT2D eigenvalue weighted by Crippen LogP contribution is 2.49. The van der Waals surface area contributed by atoms with Crippen molar-refractivity contribution in [2.45, 2.75) is 39.2 Å². The number of nitrogens with zero attached hydrogens (tertiary/aromatic N) is 2. The second-order valence-electron chi connectivity index (χ2n) is 5.23. The van der Waals surface area contributed by atoms with Gasteiger partial charge in [0.25, 0.3) is 0 Å². The van der Waals surface area contributed by atoms with Crippen LogP contribution >= 0.6 is 0 Å². The van der Waals surface area contributed by atoms with Crippen molar-refractivity contribution in [3.63, 3.8) is 0 Å². The summed E-state index contributed by atoms with van der Waals surface area (Å²) in [5.74, 6) is 3.54. The van der Waals surface area contributed by atoms with Gasteiger partial charge in [0.05, 0.1) is 5.69 Å². The van der Waals surface area contributed by atoms with E-state index in [4.69, 9.17) is 5.73 Å². The number of rotatable bonds is 4. The van der Waals surface area contributed by atoms with Gasteiger partial charge in [-0.2, -0.15) is 0 Å². The molecule has 0 atom stereocenters. The van der Waals surface area contributed by atoms with Crippen molar-refractivity contribution in [1.29, 1.82) is 0 Å². The van der Waals surface area contributed by atoms with Crippen molar-refractivity contribution in [3.05, 3.63) is 11.9 Å². The van der Waals surface area contributed by atoms with E-state index in [1.165, 1.54) is 25.7 Å². The van der Waals surface area contributed by atoms with Crippen LogP contribution in [0.25, 0.3) is 0 Å². The molecular weight excluding hydrogens is 186 g/mol. The number of aromatic nitrogens is 2. The van der Waals surface area contributed by atoms with Gasteiger partial charge in [0.2, 0.25) is 0 Å². The third-order valence-electron chi connectivity index (χ3n) is 3.79. The third-order valence-corrected chi connectivity index (χ3v) is 3.79. The van der Waals surface area contributed by atoms with Crippen LogP contribution in [0.5, 0.6) is 0 Å². The molecule has 2 aliphatic rings. The van der Waals surface area contributed by atoms with Crippen LogP contribution in [0.1, 0.15) is 31.4 Å². The van der Waals surface area contributed by atoms with Crippen LogP contribution in [0.4, 0.5) is 5.95 Å². The molecule has 3 nitrogen and oxygen atoms in total. The minimum Gasteiger partial charge on any atom is -0.369 e. The molecule has 0 saturated heterocycles. The smallest absolute Gasteiger partial charge is 0.200 e. The molecule has 1 aromatic heterocycles.